The van der Waals surface area contributed by atoms with Crippen molar-refractivity contribution < 1.29 is 9.59 Å². The molecule has 1 aromatic heterocycles. The molecular weight excluding hydrogens is 298 g/mol. The van der Waals surface area contributed by atoms with Crippen LogP contribution in [-0.4, -0.2) is 21.7 Å². The van der Waals surface area contributed by atoms with Crippen molar-refractivity contribution in [3.05, 3.63) is 47.0 Å². The number of para-hydroxylation sites is 1. The summed E-state index contributed by atoms with van der Waals surface area (Å²) in [5.74, 6) is -0.184. The van der Waals surface area contributed by atoms with E-state index in [0.717, 1.165) is 4.47 Å². The summed E-state index contributed by atoms with van der Waals surface area (Å²) in [6.45, 7) is 0.113. The SMILES string of the molecule is O=Cc1cn(CC(=O)Nc2ccccc2Br)cn1. The van der Waals surface area contributed by atoms with Crippen molar-refractivity contribution in [2.24, 2.45) is 0 Å². The molecule has 1 N–H and O–H groups in total. The van der Waals surface area contributed by atoms with Gasteiger partial charge in [-0.3, -0.25) is 9.59 Å². The van der Waals surface area contributed by atoms with Gasteiger partial charge in [-0.15, -0.1) is 0 Å². The summed E-state index contributed by atoms with van der Waals surface area (Å²) in [4.78, 5) is 26.0. The lowest BCUT2D eigenvalue weighted by Gasteiger charge is -2.07. The Morgan fingerprint density at radius 2 is 2.22 bits per heavy atom. The highest BCUT2D eigenvalue weighted by molar-refractivity contribution is 9.10. The molecule has 0 radical (unpaired) electrons. The Labute approximate surface area is 112 Å². The number of carbonyl (C=O) groups excluding carboxylic acids is 2. The Morgan fingerprint density at radius 1 is 1.44 bits per heavy atom. The van der Waals surface area contributed by atoms with Crippen molar-refractivity contribution in [2.45, 2.75) is 6.54 Å². The van der Waals surface area contributed by atoms with Crippen molar-refractivity contribution in [1.29, 1.82) is 0 Å². The molecule has 1 amide bonds. The minimum atomic E-state index is -0.184. The van der Waals surface area contributed by atoms with Crippen molar-refractivity contribution in [3.8, 4) is 0 Å². The summed E-state index contributed by atoms with van der Waals surface area (Å²) >= 11 is 3.35. The molecule has 92 valence electrons. The molecule has 0 aliphatic rings. The van der Waals surface area contributed by atoms with Gasteiger partial charge in [-0.2, -0.15) is 0 Å². The van der Waals surface area contributed by atoms with Gasteiger partial charge in [0.05, 0.1) is 12.0 Å². The number of nitrogens with zero attached hydrogens (tertiary/aromatic N) is 2. The number of hydrogen-bond acceptors (Lipinski definition) is 3. The fourth-order valence-corrected chi connectivity index (χ4v) is 1.83. The fourth-order valence-electron chi connectivity index (χ4n) is 1.44. The maximum Gasteiger partial charge on any atom is 0.244 e. The zero-order valence-electron chi connectivity index (χ0n) is 9.34. The van der Waals surface area contributed by atoms with Crippen molar-refractivity contribution >= 4 is 33.8 Å². The molecule has 0 aliphatic heterocycles. The number of halogens is 1. The van der Waals surface area contributed by atoms with Crippen LogP contribution >= 0.6 is 15.9 Å². The van der Waals surface area contributed by atoms with Gasteiger partial charge in [0, 0.05) is 10.7 Å². The maximum atomic E-state index is 11.8. The second kappa shape index (κ2) is 5.59. The second-order valence-corrected chi connectivity index (χ2v) is 4.47. The van der Waals surface area contributed by atoms with E-state index in [1.807, 2.05) is 18.2 Å². The van der Waals surface area contributed by atoms with Crippen LogP contribution in [0.1, 0.15) is 10.5 Å². The average molecular weight is 308 g/mol. The van der Waals surface area contributed by atoms with Gasteiger partial charge in [0.25, 0.3) is 0 Å². The smallest absolute Gasteiger partial charge is 0.244 e. The first-order valence-electron chi connectivity index (χ1n) is 5.20. The van der Waals surface area contributed by atoms with E-state index in [4.69, 9.17) is 0 Å². The highest BCUT2D eigenvalue weighted by Crippen LogP contribution is 2.20. The summed E-state index contributed by atoms with van der Waals surface area (Å²) in [5, 5.41) is 2.76. The third-order valence-electron chi connectivity index (χ3n) is 2.25. The van der Waals surface area contributed by atoms with Gasteiger partial charge < -0.3 is 9.88 Å². The number of aromatic nitrogens is 2. The quantitative estimate of drug-likeness (QED) is 0.880. The first kappa shape index (κ1) is 12.5. The van der Waals surface area contributed by atoms with E-state index in [2.05, 4.69) is 26.2 Å². The van der Waals surface area contributed by atoms with Crippen molar-refractivity contribution in [1.82, 2.24) is 9.55 Å². The molecule has 0 aliphatic carbocycles. The van der Waals surface area contributed by atoms with Gasteiger partial charge in [0.2, 0.25) is 5.91 Å². The third-order valence-corrected chi connectivity index (χ3v) is 2.94. The van der Waals surface area contributed by atoms with Crippen LogP contribution in [0.2, 0.25) is 0 Å². The first-order chi connectivity index (χ1) is 8.69. The Morgan fingerprint density at radius 3 is 2.89 bits per heavy atom. The van der Waals surface area contributed by atoms with Gasteiger partial charge >= 0.3 is 0 Å². The van der Waals surface area contributed by atoms with Crippen LogP contribution in [-0.2, 0) is 11.3 Å². The van der Waals surface area contributed by atoms with Crippen LogP contribution in [0.4, 0.5) is 5.69 Å². The van der Waals surface area contributed by atoms with Gasteiger partial charge in [-0.25, -0.2) is 4.98 Å². The number of aldehydes is 1. The largest absolute Gasteiger partial charge is 0.327 e. The zero-order chi connectivity index (χ0) is 13.0. The molecule has 1 heterocycles. The topological polar surface area (TPSA) is 64.0 Å². The van der Waals surface area contributed by atoms with Crippen LogP contribution in [0.25, 0.3) is 0 Å². The second-order valence-electron chi connectivity index (χ2n) is 3.62. The van der Waals surface area contributed by atoms with Gasteiger partial charge in [0.1, 0.15) is 12.2 Å². The van der Waals surface area contributed by atoms with Crippen LogP contribution in [0, 0.1) is 0 Å². The number of amides is 1. The minimum absolute atomic E-state index is 0.113. The lowest BCUT2D eigenvalue weighted by atomic mass is 10.3. The summed E-state index contributed by atoms with van der Waals surface area (Å²) in [7, 11) is 0. The molecule has 0 saturated heterocycles. The minimum Gasteiger partial charge on any atom is -0.327 e. The molecule has 18 heavy (non-hydrogen) atoms. The molecule has 1 aromatic carbocycles. The first-order valence-corrected chi connectivity index (χ1v) is 5.99. The average Bonchev–Trinajstić information content (AvgIpc) is 2.80. The summed E-state index contributed by atoms with van der Waals surface area (Å²) in [6.07, 6.45) is 3.61. The number of anilines is 1. The fraction of sp³-hybridized carbons (Fsp3) is 0.0833. The number of benzene rings is 1. The third kappa shape index (κ3) is 3.04. The predicted molar refractivity (Wildman–Crippen MR) is 70.4 cm³/mol. The van der Waals surface area contributed by atoms with Gasteiger partial charge in [-0.05, 0) is 28.1 Å². The lowest BCUT2D eigenvalue weighted by Crippen LogP contribution is -2.18. The zero-order valence-corrected chi connectivity index (χ0v) is 10.9. The molecule has 0 saturated carbocycles. The number of imidazole rings is 1. The monoisotopic (exact) mass is 307 g/mol. The molecule has 0 fully saturated rings. The molecule has 2 aromatic rings. The van der Waals surface area contributed by atoms with E-state index in [1.54, 1.807) is 10.6 Å². The molecule has 2 rings (SSSR count). The van der Waals surface area contributed by atoms with Crippen LogP contribution in [0.5, 0.6) is 0 Å². The molecule has 6 heteroatoms. The van der Waals surface area contributed by atoms with E-state index in [9.17, 15) is 9.59 Å². The molecule has 0 spiro atoms. The lowest BCUT2D eigenvalue weighted by molar-refractivity contribution is -0.116. The van der Waals surface area contributed by atoms with Crippen LogP contribution < -0.4 is 5.32 Å². The molecule has 5 nitrogen and oxygen atoms in total. The molecule has 0 bridgehead atoms. The van der Waals surface area contributed by atoms with Crippen molar-refractivity contribution in [3.63, 3.8) is 0 Å². The number of nitrogens with one attached hydrogen (secondary N) is 1. The summed E-state index contributed by atoms with van der Waals surface area (Å²) in [6, 6.07) is 7.35. The van der Waals surface area contributed by atoms with E-state index < -0.39 is 0 Å². The maximum absolute atomic E-state index is 11.8. The number of hydrogen-bond donors (Lipinski definition) is 1. The Balaban J connectivity index is 2.01. The highest BCUT2D eigenvalue weighted by Gasteiger charge is 2.06. The Hall–Kier alpha value is -1.95. The normalized spacial score (nSPS) is 10.1. The molecule has 0 atom stereocenters. The van der Waals surface area contributed by atoms with E-state index in [-0.39, 0.29) is 12.5 Å². The van der Waals surface area contributed by atoms with Crippen molar-refractivity contribution in [2.75, 3.05) is 5.32 Å². The number of rotatable bonds is 4. The van der Waals surface area contributed by atoms with Gasteiger partial charge in [0.15, 0.2) is 6.29 Å². The Kier molecular flexibility index (Phi) is 3.88. The van der Waals surface area contributed by atoms with Crippen LogP contribution in [0.3, 0.4) is 0 Å². The van der Waals surface area contributed by atoms with E-state index >= 15 is 0 Å². The Bertz CT molecular complexity index is 580. The predicted octanol–water partition coefficient (Wildman–Crippen LogP) is 2.10. The van der Waals surface area contributed by atoms with E-state index in [1.165, 1.54) is 12.5 Å². The summed E-state index contributed by atoms with van der Waals surface area (Å²) in [5.41, 5.74) is 1.02. The summed E-state index contributed by atoms with van der Waals surface area (Å²) < 4.78 is 2.37. The van der Waals surface area contributed by atoms with Gasteiger partial charge in [-0.1, -0.05) is 12.1 Å². The standard InChI is InChI=1S/C12H10BrN3O2/c13-10-3-1-2-4-11(10)15-12(18)6-16-5-9(7-17)14-8-16/h1-5,7-8H,6H2,(H,15,18). The van der Waals surface area contributed by atoms with Crippen LogP contribution in [0.15, 0.2) is 41.3 Å². The molecule has 0 unspecified atom stereocenters. The van der Waals surface area contributed by atoms with E-state index in [0.29, 0.717) is 17.7 Å². The highest BCUT2D eigenvalue weighted by atomic mass is 79.9. The molecular formula is C12H10BrN3O2. The number of carbonyl (C=O) groups is 2.